The van der Waals surface area contributed by atoms with Gasteiger partial charge in [-0.1, -0.05) is 55.9 Å². The molecule has 0 aliphatic carbocycles. The van der Waals surface area contributed by atoms with E-state index in [-0.39, 0.29) is 0 Å². The van der Waals surface area contributed by atoms with E-state index in [4.69, 9.17) is 0 Å². The molecule has 1 atom stereocenters. The molecule has 3 rings (SSSR count). The molecule has 2 aliphatic heterocycles. The maximum Gasteiger partial charge on any atom is 0.168 e. The van der Waals surface area contributed by atoms with Gasteiger partial charge in [-0.25, -0.2) is 0 Å². The monoisotopic (exact) mass is 258 g/mol. The fourth-order valence-electron chi connectivity index (χ4n) is 2.60. The molecule has 0 N–H and O–H groups in total. The third-order valence-electron chi connectivity index (χ3n) is 3.36. The van der Waals surface area contributed by atoms with Gasteiger partial charge in [-0.15, -0.1) is 0 Å². The van der Waals surface area contributed by atoms with Gasteiger partial charge < -0.3 is 4.90 Å². The second-order valence-electron chi connectivity index (χ2n) is 5.26. The summed E-state index contributed by atoms with van der Waals surface area (Å²) in [5.74, 6) is 0.715. The Hall–Kier alpha value is -1.22. The fraction of sp³-hybridized carbons (Fsp3) is 0.400. The first-order chi connectivity index (χ1) is 8.75. The molecule has 0 radical (unpaired) electrons. The van der Waals surface area contributed by atoms with Gasteiger partial charge >= 0.3 is 0 Å². The number of aliphatic imine (C=N–C) groups is 1. The molecule has 1 aromatic rings. The molecule has 0 fully saturated rings. The number of amidine groups is 1. The van der Waals surface area contributed by atoms with Crippen LogP contribution in [0, 0.1) is 5.92 Å². The second kappa shape index (κ2) is 4.81. The van der Waals surface area contributed by atoms with Gasteiger partial charge in [0.25, 0.3) is 0 Å². The zero-order chi connectivity index (χ0) is 12.5. The molecule has 0 saturated heterocycles. The van der Waals surface area contributed by atoms with Gasteiger partial charge in [0.05, 0.1) is 18.3 Å². The van der Waals surface area contributed by atoms with Crippen molar-refractivity contribution in [3.8, 4) is 0 Å². The van der Waals surface area contributed by atoms with Crippen molar-refractivity contribution in [3.05, 3.63) is 41.3 Å². The van der Waals surface area contributed by atoms with Gasteiger partial charge in [-0.05, 0) is 17.9 Å². The maximum absolute atomic E-state index is 4.66. The van der Waals surface area contributed by atoms with Crippen molar-refractivity contribution < 1.29 is 0 Å². The minimum atomic E-state index is 0.543. The summed E-state index contributed by atoms with van der Waals surface area (Å²) in [5.41, 5.74) is 2.62. The number of hydrogen-bond acceptors (Lipinski definition) is 3. The van der Waals surface area contributed by atoms with E-state index in [1.165, 1.54) is 22.8 Å². The minimum absolute atomic E-state index is 0.543. The Morgan fingerprint density at radius 2 is 2.11 bits per heavy atom. The molecule has 2 heterocycles. The van der Waals surface area contributed by atoms with Crippen LogP contribution in [0.3, 0.4) is 0 Å². The summed E-state index contributed by atoms with van der Waals surface area (Å²) in [7, 11) is 0. The largest absolute Gasteiger partial charge is 0.315 e. The van der Waals surface area contributed by atoms with E-state index < -0.39 is 0 Å². The second-order valence-corrected chi connectivity index (χ2v) is 6.10. The van der Waals surface area contributed by atoms with Crippen molar-refractivity contribution >= 4 is 22.6 Å². The SMILES string of the molecule is CC(C)C[C@H]1CN=C2SC=C(c3ccccc3)N21. The lowest BCUT2D eigenvalue weighted by Crippen LogP contribution is -2.32. The highest BCUT2D eigenvalue weighted by Crippen LogP contribution is 2.39. The molecule has 0 aromatic heterocycles. The zero-order valence-corrected chi connectivity index (χ0v) is 11.7. The zero-order valence-electron chi connectivity index (χ0n) is 10.8. The van der Waals surface area contributed by atoms with Crippen LogP contribution in [0.15, 0.2) is 40.7 Å². The van der Waals surface area contributed by atoms with E-state index in [2.05, 4.69) is 59.5 Å². The Kier molecular flexibility index (Phi) is 3.16. The molecular weight excluding hydrogens is 240 g/mol. The van der Waals surface area contributed by atoms with Crippen molar-refractivity contribution in [3.63, 3.8) is 0 Å². The third-order valence-corrected chi connectivity index (χ3v) is 4.23. The quantitative estimate of drug-likeness (QED) is 0.819. The van der Waals surface area contributed by atoms with Crippen LogP contribution in [0.2, 0.25) is 0 Å². The van der Waals surface area contributed by atoms with Crippen molar-refractivity contribution in [2.75, 3.05) is 6.54 Å². The predicted molar refractivity (Wildman–Crippen MR) is 79.4 cm³/mol. The number of nitrogens with zero attached hydrogens (tertiary/aromatic N) is 2. The summed E-state index contributed by atoms with van der Waals surface area (Å²) in [6.45, 7) is 5.52. The lowest BCUT2D eigenvalue weighted by atomic mass is 10.0. The molecule has 1 aromatic carbocycles. The molecule has 0 unspecified atom stereocenters. The standard InChI is InChI=1S/C15H18N2S/c1-11(2)8-13-9-16-15-17(13)14(10-18-15)12-6-4-3-5-7-12/h3-7,10-11,13H,8-9H2,1-2H3/t13-/m0/s1. The molecule has 0 bridgehead atoms. The summed E-state index contributed by atoms with van der Waals surface area (Å²) in [6.07, 6.45) is 1.21. The van der Waals surface area contributed by atoms with Crippen LogP contribution >= 0.6 is 11.8 Å². The Balaban J connectivity index is 1.86. The van der Waals surface area contributed by atoms with E-state index in [1.807, 2.05) is 0 Å². The van der Waals surface area contributed by atoms with Crippen LogP contribution in [-0.2, 0) is 0 Å². The molecule has 94 valence electrons. The molecule has 2 aliphatic rings. The van der Waals surface area contributed by atoms with Crippen LogP contribution in [0.4, 0.5) is 0 Å². The Morgan fingerprint density at radius 3 is 2.83 bits per heavy atom. The smallest absolute Gasteiger partial charge is 0.168 e. The molecule has 0 saturated carbocycles. The van der Waals surface area contributed by atoms with Gasteiger partial charge in [0, 0.05) is 5.41 Å². The number of benzene rings is 1. The number of rotatable bonds is 3. The minimum Gasteiger partial charge on any atom is -0.315 e. The van der Waals surface area contributed by atoms with E-state index in [1.54, 1.807) is 11.8 Å². The topological polar surface area (TPSA) is 15.6 Å². The Morgan fingerprint density at radius 1 is 1.33 bits per heavy atom. The van der Waals surface area contributed by atoms with Crippen LogP contribution in [-0.4, -0.2) is 22.7 Å². The molecule has 2 nitrogen and oxygen atoms in total. The van der Waals surface area contributed by atoms with E-state index in [9.17, 15) is 0 Å². The average Bonchev–Trinajstić information content (AvgIpc) is 2.93. The van der Waals surface area contributed by atoms with Crippen LogP contribution in [0.25, 0.3) is 5.70 Å². The summed E-state index contributed by atoms with van der Waals surface area (Å²) in [4.78, 5) is 7.09. The molecule has 3 heteroatoms. The lowest BCUT2D eigenvalue weighted by Gasteiger charge is -2.27. The van der Waals surface area contributed by atoms with Crippen molar-refractivity contribution in [2.45, 2.75) is 26.3 Å². The number of hydrogen-bond donors (Lipinski definition) is 0. The predicted octanol–water partition coefficient (Wildman–Crippen LogP) is 3.82. The summed E-state index contributed by atoms with van der Waals surface area (Å²) >= 11 is 1.76. The fourth-order valence-corrected chi connectivity index (χ4v) is 3.57. The van der Waals surface area contributed by atoms with Gasteiger partial charge in [-0.2, -0.15) is 0 Å². The van der Waals surface area contributed by atoms with Crippen molar-refractivity contribution in [1.29, 1.82) is 0 Å². The molecule has 0 amide bonds. The van der Waals surface area contributed by atoms with Crippen molar-refractivity contribution in [1.82, 2.24) is 4.90 Å². The van der Waals surface area contributed by atoms with Gasteiger partial charge in [0.15, 0.2) is 5.17 Å². The van der Waals surface area contributed by atoms with Gasteiger partial charge in [0.1, 0.15) is 0 Å². The lowest BCUT2D eigenvalue weighted by molar-refractivity contribution is 0.383. The first-order valence-corrected chi connectivity index (χ1v) is 7.39. The van der Waals surface area contributed by atoms with E-state index in [0.717, 1.165) is 6.54 Å². The first-order valence-electron chi connectivity index (χ1n) is 6.51. The molecular formula is C15H18N2S. The van der Waals surface area contributed by atoms with Crippen molar-refractivity contribution in [2.24, 2.45) is 10.9 Å². The normalized spacial score (nSPS) is 22.2. The van der Waals surface area contributed by atoms with Gasteiger partial charge in [0.2, 0.25) is 0 Å². The van der Waals surface area contributed by atoms with Crippen LogP contribution in [0.5, 0.6) is 0 Å². The molecule has 0 spiro atoms. The first kappa shape index (κ1) is 11.8. The van der Waals surface area contributed by atoms with Crippen LogP contribution < -0.4 is 0 Å². The Bertz CT molecular complexity index is 490. The third kappa shape index (κ3) is 2.07. The average molecular weight is 258 g/mol. The highest BCUT2D eigenvalue weighted by molar-refractivity contribution is 8.16. The highest BCUT2D eigenvalue weighted by atomic mass is 32.2. The molecule has 18 heavy (non-hydrogen) atoms. The van der Waals surface area contributed by atoms with Gasteiger partial charge in [-0.3, -0.25) is 4.99 Å². The Labute approximate surface area is 113 Å². The summed E-state index contributed by atoms with van der Waals surface area (Å²) in [6, 6.07) is 11.2. The number of fused-ring (bicyclic) bond motifs is 1. The highest BCUT2D eigenvalue weighted by Gasteiger charge is 2.34. The number of thioether (sulfide) groups is 1. The van der Waals surface area contributed by atoms with Crippen LogP contribution in [0.1, 0.15) is 25.8 Å². The summed E-state index contributed by atoms with van der Waals surface area (Å²) < 4.78 is 0. The summed E-state index contributed by atoms with van der Waals surface area (Å²) in [5, 5.41) is 3.42. The van der Waals surface area contributed by atoms with E-state index in [0.29, 0.717) is 12.0 Å². The maximum atomic E-state index is 4.66. The van der Waals surface area contributed by atoms with E-state index >= 15 is 0 Å².